The van der Waals surface area contributed by atoms with Crippen LogP contribution in [0.25, 0.3) is 17.0 Å². The Hall–Kier alpha value is -4.78. The number of fused-ring (bicyclic) bond motifs is 1. The van der Waals surface area contributed by atoms with Crippen LogP contribution in [0.3, 0.4) is 0 Å². The molecule has 4 amide bonds. The summed E-state index contributed by atoms with van der Waals surface area (Å²) >= 11 is 0. The van der Waals surface area contributed by atoms with E-state index < -0.39 is 48.3 Å². The minimum atomic E-state index is -1.42. The maximum absolute atomic E-state index is 14.6. The molecule has 1 aliphatic carbocycles. The van der Waals surface area contributed by atoms with Crippen LogP contribution in [0.4, 0.5) is 14.6 Å². The van der Waals surface area contributed by atoms with E-state index in [1.54, 1.807) is 19.1 Å². The Kier molecular flexibility index (Phi) is 9.53. The molecule has 4 atom stereocenters. The second-order valence-corrected chi connectivity index (χ2v) is 12.3. The molecule has 2 saturated heterocycles. The van der Waals surface area contributed by atoms with Gasteiger partial charge in [0.15, 0.2) is 0 Å². The number of carbonyl (C=O) groups excluding carboxylic acids is 4. The number of hydrogen-bond donors (Lipinski definition) is 4. The summed E-state index contributed by atoms with van der Waals surface area (Å²) < 4.78 is 28.1. The number of amides is 4. The van der Waals surface area contributed by atoms with Crippen LogP contribution in [-0.4, -0.2) is 76.4 Å². The third kappa shape index (κ3) is 7.79. The molecule has 47 heavy (non-hydrogen) atoms. The number of aromatic nitrogens is 2. The van der Waals surface area contributed by atoms with Gasteiger partial charge in [-0.25, -0.2) is 18.7 Å². The van der Waals surface area contributed by atoms with Gasteiger partial charge in [0.2, 0.25) is 17.7 Å². The molecule has 3 aliphatic rings. The number of carbonyl (C=O) groups is 4. The highest BCUT2D eigenvalue weighted by Crippen LogP contribution is 2.32. The summed E-state index contributed by atoms with van der Waals surface area (Å²) in [6.45, 7) is 1.77. The Morgan fingerprint density at radius 3 is 2.66 bits per heavy atom. The SMILES string of the molecule is C[C@@H](NC(=O)[C@@H]1C[C@@H](F)CN1C(=O)CNC(=O)c1ccc2cc(F)ccc2n1)c1nc(NC(=O)[C@H]2CCCN2)ccc1/C=C/C1CC1. The first-order valence-electron chi connectivity index (χ1n) is 16.0. The Morgan fingerprint density at radius 2 is 1.89 bits per heavy atom. The van der Waals surface area contributed by atoms with Crippen molar-refractivity contribution in [2.75, 3.05) is 25.0 Å². The summed E-state index contributed by atoms with van der Waals surface area (Å²) in [5.41, 5.74) is 1.75. The predicted octanol–water partition coefficient (Wildman–Crippen LogP) is 3.43. The third-order valence-corrected chi connectivity index (χ3v) is 8.68. The lowest BCUT2D eigenvalue weighted by molar-refractivity contribution is -0.138. The molecule has 246 valence electrons. The quantitative estimate of drug-likeness (QED) is 0.264. The number of rotatable bonds is 10. The van der Waals surface area contributed by atoms with Crippen molar-refractivity contribution in [2.24, 2.45) is 5.92 Å². The Morgan fingerprint density at radius 1 is 1.06 bits per heavy atom. The van der Waals surface area contributed by atoms with E-state index in [2.05, 4.69) is 37.3 Å². The number of halogens is 2. The van der Waals surface area contributed by atoms with Crippen LogP contribution in [0.5, 0.6) is 0 Å². The maximum atomic E-state index is 14.6. The lowest BCUT2D eigenvalue weighted by Crippen LogP contribution is -2.49. The summed E-state index contributed by atoms with van der Waals surface area (Å²) in [5, 5.41) is 11.9. The molecule has 4 heterocycles. The Labute approximate surface area is 270 Å². The normalized spacial score (nSPS) is 21.6. The van der Waals surface area contributed by atoms with Crippen molar-refractivity contribution in [1.29, 1.82) is 0 Å². The monoisotopic (exact) mass is 645 g/mol. The van der Waals surface area contributed by atoms with Gasteiger partial charge >= 0.3 is 0 Å². The fourth-order valence-corrected chi connectivity index (χ4v) is 5.95. The molecular formula is C34H37F2N7O4. The minimum Gasteiger partial charge on any atom is -0.346 e. The van der Waals surface area contributed by atoms with E-state index in [-0.39, 0.29) is 30.6 Å². The first-order valence-corrected chi connectivity index (χ1v) is 16.0. The van der Waals surface area contributed by atoms with Gasteiger partial charge in [0.25, 0.3) is 5.91 Å². The van der Waals surface area contributed by atoms with Crippen LogP contribution in [0.2, 0.25) is 0 Å². The number of anilines is 1. The smallest absolute Gasteiger partial charge is 0.270 e. The molecule has 3 fully saturated rings. The maximum Gasteiger partial charge on any atom is 0.270 e. The first kappa shape index (κ1) is 32.2. The van der Waals surface area contributed by atoms with E-state index in [0.717, 1.165) is 42.7 Å². The molecule has 6 rings (SSSR count). The fraction of sp³-hybridized carbons (Fsp3) is 0.412. The molecule has 3 aromatic rings. The van der Waals surface area contributed by atoms with Crippen molar-refractivity contribution in [2.45, 2.75) is 63.3 Å². The molecule has 2 aliphatic heterocycles. The van der Waals surface area contributed by atoms with Gasteiger partial charge in [0.05, 0.1) is 36.4 Å². The molecule has 4 N–H and O–H groups in total. The highest BCUT2D eigenvalue weighted by atomic mass is 19.1. The average molecular weight is 646 g/mol. The molecule has 1 aromatic carbocycles. The van der Waals surface area contributed by atoms with Crippen LogP contribution in [-0.2, 0) is 14.4 Å². The molecule has 11 nitrogen and oxygen atoms in total. The Balaban J connectivity index is 1.11. The minimum absolute atomic E-state index is 0.0294. The second-order valence-electron chi connectivity index (χ2n) is 12.3. The summed E-state index contributed by atoms with van der Waals surface area (Å²) in [6.07, 6.45) is 6.35. The van der Waals surface area contributed by atoms with Crippen LogP contribution in [0.15, 0.2) is 48.5 Å². The van der Waals surface area contributed by atoms with Gasteiger partial charge in [-0.05, 0) is 87.0 Å². The van der Waals surface area contributed by atoms with Crippen molar-refractivity contribution >= 4 is 46.4 Å². The van der Waals surface area contributed by atoms with Gasteiger partial charge in [-0.1, -0.05) is 18.2 Å². The summed E-state index contributed by atoms with van der Waals surface area (Å²) in [4.78, 5) is 62.1. The number of benzene rings is 1. The number of nitrogens with zero attached hydrogens (tertiary/aromatic N) is 3. The molecule has 0 spiro atoms. The van der Waals surface area contributed by atoms with Crippen molar-refractivity contribution in [1.82, 2.24) is 30.8 Å². The third-order valence-electron chi connectivity index (χ3n) is 8.68. The number of allylic oxidation sites excluding steroid dienone is 1. The van der Waals surface area contributed by atoms with Gasteiger partial charge in [-0.2, -0.15) is 0 Å². The zero-order chi connectivity index (χ0) is 33.1. The standard InChI is InChI=1S/C34H37F2N7O4/c1-19(31-21(7-6-20-4-5-20)9-13-29(41-31)42-33(46)26-3-2-14-37-26)39-34(47)28-16-24(36)18-43(28)30(44)17-38-32(45)27-11-8-22-15-23(35)10-12-25(22)40-27/h6-13,15,19-20,24,26,28,37H,2-5,14,16-18H2,1H3,(H,38,45)(H,39,47)(H,41,42,46)/b7-6+/t19-,24-,26-,28+/m1/s1. The molecule has 2 aromatic heterocycles. The average Bonchev–Trinajstić information content (AvgIpc) is 3.54. The highest BCUT2D eigenvalue weighted by Gasteiger charge is 2.40. The number of hydrogen-bond acceptors (Lipinski definition) is 7. The van der Waals surface area contributed by atoms with Crippen LogP contribution in [0, 0.1) is 11.7 Å². The van der Waals surface area contributed by atoms with Gasteiger partial charge in [0, 0.05) is 11.8 Å². The number of alkyl halides is 1. The summed E-state index contributed by atoms with van der Waals surface area (Å²) in [5.74, 6) is -1.55. The van der Waals surface area contributed by atoms with Gasteiger partial charge in [-0.15, -0.1) is 0 Å². The van der Waals surface area contributed by atoms with Crippen LogP contribution < -0.4 is 21.3 Å². The molecule has 0 unspecified atom stereocenters. The van der Waals surface area contributed by atoms with Gasteiger partial charge < -0.3 is 26.2 Å². The zero-order valence-corrected chi connectivity index (χ0v) is 26.0. The second kappa shape index (κ2) is 13.9. The van der Waals surface area contributed by atoms with E-state index in [0.29, 0.717) is 28.3 Å². The van der Waals surface area contributed by atoms with Gasteiger partial charge in [0.1, 0.15) is 29.5 Å². The number of pyridine rings is 2. The topological polar surface area (TPSA) is 145 Å². The van der Waals surface area contributed by atoms with E-state index in [9.17, 15) is 28.0 Å². The van der Waals surface area contributed by atoms with Crippen molar-refractivity contribution in [3.8, 4) is 0 Å². The van der Waals surface area contributed by atoms with Crippen molar-refractivity contribution < 1.29 is 28.0 Å². The molecule has 0 radical (unpaired) electrons. The lowest BCUT2D eigenvalue weighted by Gasteiger charge is -2.26. The zero-order valence-electron chi connectivity index (χ0n) is 26.0. The van der Waals surface area contributed by atoms with E-state index in [1.807, 2.05) is 12.1 Å². The largest absolute Gasteiger partial charge is 0.346 e. The summed E-state index contributed by atoms with van der Waals surface area (Å²) in [6, 6.07) is 8.51. The Bertz CT molecular complexity index is 1720. The van der Waals surface area contributed by atoms with Gasteiger partial charge in [-0.3, -0.25) is 19.2 Å². The van der Waals surface area contributed by atoms with Crippen molar-refractivity contribution in [3.05, 3.63) is 71.3 Å². The fourth-order valence-electron chi connectivity index (χ4n) is 5.95. The van der Waals surface area contributed by atoms with E-state index in [1.165, 1.54) is 24.3 Å². The first-order chi connectivity index (χ1) is 22.6. The van der Waals surface area contributed by atoms with Crippen LogP contribution >= 0.6 is 0 Å². The predicted molar refractivity (Wildman–Crippen MR) is 171 cm³/mol. The molecule has 1 saturated carbocycles. The highest BCUT2D eigenvalue weighted by molar-refractivity contribution is 5.98. The lowest BCUT2D eigenvalue weighted by atomic mass is 10.1. The molecule has 13 heteroatoms. The van der Waals surface area contributed by atoms with Crippen LogP contribution in [0.1, 0.15) is 66.8 Å². The molecular weight excluding hydrogens is 608 g/mol. The number of nitrogens with one attached hydrogen (secondary N) is 4. The summed E-state index contributed by atoms with van der Waals surface area (Å²) in [7, 11) is 0. The van der Waals surface area contributed by atoms with Crippen molar-refractivity contribution in [3.63, 3.8) is 0 Å². The van der Waals surface area contributed by atoms with E-state index >= 15 is 0 Å². The number of likely N-dealkylation sites (tertiary alicyclic amines) is 1. The molecule has 0 bridgehead atoms. The van der Waals surface area contributed by atoms with E-state index in [4.69, 9.17) is 0 Å².